The summed E-state index contributed by atoms with van der Waals surface area (Å²) in [4.78, 5) is 23.7. The van der Waals surface area contributed by atoms with Crippen LogP contribution in [0.15, 0.2) is 34.2 Å². The van der Waals surface area contributed by atoms with Crippen molar-refractivity contribution in [1.29, 1.82) is 0 Å². The second kappa shape index (κ2) is 5.92. The summed E-state index contributed by atoms with van der Waals surface area (Å²) in [5.41, 5.74) is 1.11. The Hall–Kier alpha value is -1.82. The molecule has 1 aromatic carbocycles. The van der Waals surface area contributed by atoms with Gasteiger partial charge in [-0.3, -0.25) is 4.99 Å². The van der Waals surface area contributed by atoms with Crippen LogP contribution in [0.2, 0.25) is 0 Å². The number of rotatable bonds is 0. The van der Waals surface area contributed by atoms with Gasteiger partial charge in [0.05, 0.1) is 5.69 Å². The van der Waals surface area contributed by atoms with Crippen LogP contribution < -0.4 is 0 Å². The van der Waals surface area contributed by atoms with Crippen molar-refractivity contribution >= 4 is 35.6 Å². The number of carbonyl (C=O) groups is 2. The van der Waals surface area contributed by atoms with Crippen molar-refractivity contribution in [1.82, 2.24) is 0 Å². The van der Waals surface area contributed by atoms with Crippen LogP contribution >= 0.6 is 11.8 Å². The molecule has 0 unspecified atom stereocenters. The highest BCUT2D eigenvalue weighted by atomic mass is 32.2. The predicted octanol–water partition coefficient (Wildman–Crippen LogP) is 1.65. The quantitative estimate of drug-likeness (QED) is 0.672. The molecule has 0 atom stereocenters. The van der Waals surface area contributed by atoms with Crippen molar-refractivity contribution in [3.8, 4) is 0 Å². The van der Waals surface area contributed by atoms with Gasteiger partial charge >= 0.3 is 11.9 Å². The maximum atomic E-state index is 9.10. The second-order valence-electron chi connectivity index (χ2n) is 2.70. The minimum Gasteiger partial charge on any atom is -0.473 e. The van der Waals surface area contributed by atoms with Crippen LogP contribution in [0.4, 0.5) is 5.69 Å². The monoisotopic (exact) mass is 239 g/mol. The van der Waals surface area contributed by atoms with E-state index in [0.717, 1.165) is 11.4 Å². The molecule has 0 bridgehead atoms. The SMILES string of the molecule is C1=Nc2ccccc2SC1.O=C(O)C(=O)O. The zero-order valence-electron chi connectivity index (χ0n) is 8.16. The van der Waals surface area contributed by atoms with Gasteiger partial charge < -0.3 is 10.2 Å². The maximum absolute atomic E-state index is 9.10. The van der Waals surface area contributed by atoms with Crippen LogP contribution in [0.25, 0.3) is 0 Å². The van der Waals surface area contributed by atoms with E-state index in [4.69, 9.17) is 19.8 Å². The lowest BCUT2D eigenvalue weighted by Gasteiger charge is -2.06. The van der Waals surface area contributed by atoms with Gasteiger partial charge in [0.2, 0.25) is 0 Å². The summed E-state index contributed by atoms with van der Waals surface area (Å²) in [5.74, 6) is -2.64. The van der Waals surface area contributed by atoms with E-state index in [1.807, 2.05) is 36.2 Å². The number of thioether (sulfide) groups is 1. The number of carboxylic acids is 2. The Labute approximate surface area is 95.8 Å². The van der Waals surface area contributed by atoms with Crippen molar-refractivity contribution in [2.45, 2.75) is 4.90 Å². The second-order valence-corrected chi connectivity index (χ2v) is 3.76. The molecule has 5 nitrogen and oxygen atoms in total. The van der Waals surface area contributed by atoms with Gasteiger partial charge in [0, 0.05) is 16.9 Å². The van der Waals surface area contributed by atoms with Gasteiger partial charge in [0.15, 0.2) is 0 Å². The van der Waals surface area contributed by atoms with Crippen LogP contribution in [0.1, 0.15) is 0 Å². The summed E-state index contributed by atoms with van der Waals surface area (Å²) in [7, 11) is 0. The Bertz CT molecular complexity index is 419. The molecule has 0 amide bonds. The van der Waals surface area contributed by atoms with Crippen molar-refractivity contribution in [2.24, 2.45) is 4.99 Å². The van der Waals surface area contributed by atoms with Crippen LogP contribution in [0.5, 0.6) is 0 Å². The van der Waals surface area contributed by atoms with Gasteiger partial charge in [0.25, 0.3) is 0 Å². The molecule has 0 radical (unpaired) electrons. The number of fused-ring (bicyclic) bond motifs is 1. The third-order valence-electron chi connectivity index (χ3n) is 1.59. The van der Waals surface area contributed by atoms with Gasteiger partial charge in [-0.1, -0.05) is 12.1 Å². The molecular formula is C10H9NO4S. The minimum absolute atomic E-state index is 1.01. The fourth-order valence-electron chi connectivity index (χ4n) is 0.949. The van der Waals surface area contributed by atoms with E-state index in [-0.39, 0.29) is 0 Å². The highest BCUT2D eigenvalue weighted by molar-refractivity contribution is 8.00. The summed E-state index contributed by atoms with van der Waals surface area (Å²) in [5, 5.41) is 14.8. The predicted molar refractivity (Wildman–Crippen MR) is 60.6 cm³/mol. The van der Waals surface area contributed by atoms with Crippen LogP contribution in [0, 0.1) is 0 Å². The lowest BCUT2D eigenvalue weighted by Crippen LogP contribution is -2.09. The number of carboxylic acid groups (broad SMARTS) is 2. The molecule has 1 heterocycles. The molecular weight excluding hydrogens is 230 g/mol. The van der Waals surface area contributed by atoms with Gasteiger partial charge in [-0.05, 0) is 12.1 Å². The first-order chi connectivity index (χ1) is 7.61. The number of nitrogens with zero attached hydrogens (tertiary/aromatic N) is 1. The largest absolute Gasteiger partial charge is 0.473 e. The fourth-order valence-corrected chi connectivity index (χ4v) is 1.72. The maximum Gasteiger partial charge on any atom is 0.414 e. The summed E-state index contributed by atoms with van der Waals surface area (Å²) in [6, 6.07) is 8.21. The third-order valence-corrected chi connectivity index (χ3v) is 2.56. The lowest BCUT2D eigenvalue weighted by atomic mass is 10.3. The first-order valence-electron chi connectivity index (χ1n) is 4.32. The van der Waals surface area contributed by atoms with Crippen molar-refractivity contribution in [2.75, 3.05) is 5.75 Å². The Morgan fingerprint density at radius 2 is 1.81 bits per heavy atom. The van der Waals surface area contributed by atoms with Gasteiger partial charge in [-0.15, -0.1) is 11.8 Å². The molecule has 1 aromatic rings. The van der Waals surface area contributed by atoms with E-state index in [9.17, 15) is 0 Å². The zero-order chi connectivity index (χ0) is 12.0. The van der Waals surface area contributed by atoms with E-state index in [0.29, 0.717) is 0 Å². The molecule has 6 heteroatoms. The number of hydrogen-bond donors (Lipinski definition) is 2. The summed E-state index contributed by atoms with van der Waals surface area (Å²) in [6.07, 6.45) is 1.95. The minimum atomic E-state index is -1.82. The standard InChI is InChI=1S/C8H7NS.C2H2O4/c1-2-4-8-7(3-1)9-5-6-10-8;3-1(4)2(5)6/h1-5H,6H2;(H,3,4)(H,5,6). The highest BCUT2D eigenvalue weighted by Crippen LogP contribution is 2.31. The summed E-state index contributed by atoms with van der Waals surface area (Å²) in [6.45, 7) is 0. The molecule has 2 rings (SSSR count). The van der Waals surface area contributed by atoms with Gasteiger partial charge in [-0.25, -0.2) is 9.59 Å². The fraction of sp³-hybridized carbons (Fsp3) is 0.100. The van der Waals surface area contributed by atoms with Crippen molar-refractivity contribution < 1.29 is 19.8 Å². The molecule has 0 fully saturated rings. The number of benzene rings is 1. The summed E-state index contributed by atoms with van der Waals surface area (Å²) >= 11 is 1.84. The van der Waals surface area contributed by atoms with Crippen LogP contribution in [-0.2, 0) is 9.59 Å². The molecule has 0 aromatic heterocycles. The topological polar surface area (TPSA) is 87.0 Å². The van der Waals surface area contributed by atoms with E-state index in [2.05, 4.69) is 11.1 Å². The third kappa shape index (κ3) is 3.74. The number of aliphatic carboxylic acids is 2. The number of hydrogen-bond acceptors (Lipinski definition) is 4. The normalized spacial score (nSPS) is 12.0. The van der Waals surface area contributed by atoms with E-state index in [1.54, 1.807) is 0 Å². The zero-order valence-corrected chi connectivity index (χ0v) is 8.98. The van der Waals surface area contributed by atoms with Gasteiger partial charge in [-0.2, -0.15) is 0 Å². The molecule has 0 saturated heterocycles. The Kier molecular flexibility index (Phi) is 4.53. The smallest absolute Gasteiger partial charge is 0.414 e. The highest BCUT2D eigenvalue weighted by Gasteiger charge is 2.04. The Morgan fingerprint density at radius 1 is 1.19 bits per heavy atom. The van der Waals surface area contributed by atoms with Gasteiger partial charge in [0.1, 0.15) is 0 Å². The molecule has 1 aliphatic heterocycles. The number of para-hydroxylation sites is 1. The average Bonchev–Trinajstić information content (AvgIpc) is 2.30. The molecule has 84 valence electrons. The lowest BCUT2D eigenvalue weighted by molar-refractivity contribution is -0.159. The average molecular weight is 239 g/mol. The van der Waals surface area contributed by atoms with E-state index in [1.165, 1.54) is 4.90 Å². The Morgan fingerprint density at radius 3 is 2.38 bits per heavy atom. The molecule has 0 spiro atoms. The van der Waals surface area contributed by atoms with E-state index < -0.39 is 11.9 Å². The molecule has 2 N–H and O–H groups in total. The van der Waals surface area contributed by atoms with Crippen molar-refractivity contribution in [3.05, 3.63) is 24.3 Å². The number of aliphatic imine (C=N–C) groups is 1. The Balaban J connectivity index is 0.000000187. The first kappa shape index (κ1) is 12.3. The first-order valence-corrected chi connectivity index (χ1v) is 5.30. The molecule has 16 heavy (non-hydrogen) atoms. The molecule has 0 aliphatic carbocycles. The molecule has 0 saturated carbocycles. The summed E-state index contributed by atoms with van der Waals surface area (Å²) < 4.78 is 0. The van der Waals surface area contributed by atoms with Crippen molar-refractivity contribution in [3.63, 3.8) is 0 Å². The molecule has 1 aliphatic rings. The van der Waals surface area contributed by atoms with E-state index >= 15 is 0 Å². The van der Waals surface area contributed by atoms with Crippen LogP contribution in [0.3, 0.4) is 0 Å². The van der Waals surface area contributed by atoms with Crippen LogP contribution in [-0.4, -0.2) is 34.1 Å².